The van der Waals surface area contributed by atoms with Crippen LogP contribution in [-0.2, 0) is 0 Å². The normalized spacial score (nSPS) is 13.0. The maximum atomic E-state index is 5.88. The molecule has 0 aliphatic carbocycles. The van der Waals surface area contributed by atoms with Crippen molar-refractivity contribution in [2.24, 2.45) is 5.84 Å². The van der Waals surface area contributed by atoms with Gasteiger partial charge in [0.15, 0.2) is 0 Å². The van der Waals surface area contributed by atoms with E-state index in [2.05, 4.69) is 11.5 Å². The van der Waals surface area contributed by atoms with Crippen LogP contribution in [0.4, 0.5) is 0 Å². The van der Waals surface area contributed by atoms with Gasteiger partial charge in [-0.25, -0.2) is 5.43 Å². The van der Waals surface area contributed by atoms with E-state index >= 15 is 0 Å². The highest BCUT2D eigenvalue weighted by Gasteiger charge is 2.14. The van der Waals surface area contributed by atoms with Gasteiger partial charge in [0.1, 0.15) is 0 Å². The van der Waals surface area contributed by atoms with Gasteiger partial charge < -0.3 is 0 Å². The van der Waals surface area contributed by atoms with Gasteiger partial charge in [-0.3, -0.25) is 5.84 Å². The molecule has 0 aliphatic rings. The molecule has 0 amide bonds. The molecule has 5 heteroatoms. The summed E-state index contributed by atoms with van der Waals surface area (Å²) in [6.45, 7) is 0. The van der Waals surface area contributed by atoms with Crippen LogP contribution in [0, 0.1) is 0 Å². The highest BCUT2D eigenvalue weighted by molar-refractivity contribution is 7.16. The van der Waals surface area contributed by atoms with Crippen LogP contribution in [0.15, 0.2) is 29.6 Å². The SMILES string of the molecule is NNC(c1cccs1)c1ccc(Cl)s1. The smallest absolute Gasteiger partial charge is 0.0931 e. The average Bonchev–Trinajstić information content (AvgIpc) is 2.79. The first-order chi connectivity index (χ1) is 6.81. The number of nitrogens with one attached hydrogen (secondary N) is 1. The molecule has 0 saturated carbocycles. The zero-order valence-corrected chi connectivity index (χ0v) is 9.62. The summed E-state index contributed by atoms with van der Waals surface area (Å²) in [7, 11) is 0. The quantitative estimate of drug-likeness (QED) is 0.644. The van der Waals surface area contributed by atoms with E-state index in [1.165, 1.54) is 4.88 Å². The molecule has 0 spiro atoms. The molecule has 0 bridgehead atoms. The summed E-state index contributed by atoms with van der Waals surface area (Å²) in [6, 6.07) is 8.02. The van der Waals surface area contributed by atoms with Crippen LogP contribution in [-0.4, -0.2) is 0 Å². The fraction of sp³-hybridized carbons (Fsp3) is 0.111. The molecule has 1 atom stereocenters. The van der Waals surface area contributed by atoms with E-state index in [1.54, 1.807) is 22.7 Å². The highest BCUT2D eigenvalue weighted by atomic mass is 35.5. The first-order valence-corrected chi connectivity index (χ1v) is 6.13. The van der Waals surface area contributed by atoms with Crippen LogP contribution < -0.4 is 11.3 Å². The van der Waals surface area contributed by atoms with Gasteiger partial charge in [0, 0.05) is 9.75 Å². The third kappa shape index (κ3) is 1.99. The maximum absolute atomic E-state index is 5.88. The van der Waals surface area contributed by atoms with E-state index in [-0.39, 0.29) is 6.04 Å². The summed E-state index contributed by atoms with van der Waals surface area (Å²) in [5.41, 5.74) is 2.80. The molecule has 2 nitrogen and oxygen atoms in total. The van der Waals surface area contributed by atoms with Crippen molar-refractivity contribution in [2.75, 3.05) is 0 Å². The molecule has 0 radical (unpaired) electrons. The largest absolute Gasteiger partial charge is 0.271 e. The monoisotopic (exact) mass is 244 g/mol. The summed E-state index contributed by atoms with van der Waals surface area (Å²) in [6.07, 6.45) is 0. The molecule has 0 fully saturated rings. The first kappa shape index (κ1) is 10.1. The van der Waals surface area contributed by atoms with Crippen LogP contribution in [0.1, 0.15) is 15.8 Å². The fourth-order valence-electron chi connectivity index (χ4n) is 1.24. The second kappa shape index (κ2) is 4.42. The predicted molar refractivity (Wildman–Crippen MR) is 62.8 cm³/mol. The van der Waals surface area contributed by atoms with Gasteiger partial charge in [-0.2, -0.15) is 0 Å². The van der Waals surface area contributed by atoms with Gasteiger partial charge in [0.25, 0.3) is 0 Å². The zero-order valence-electron chi connectivity index (χ0n) is 7.24. The second-order valence-corrected chi connectivity index (χ2v) is 5.48. The molecule has 74 valence electrons. The van der Waals surface area contributed by atoms with E-state index in [0.717, 1.165) is 9.21 Å². The van der Waals surface area contributed by atoms with Crippen molar-refractivity contribution in [1.82, 2.24) is 5.43 Å². The highest BCUT2D eigenvalue weighted by Crippen LogP contribution is 2.32. The number of nitrogens with two attached hydrogens (primary N) is 1. The number of thiophene rings is 2. The van der Waals surface area contributed by atoms with E-state index < -0.39 is 0 Å². The molecule has 2 heterocycles. The second-order valence-electron chi connectivity index (χ2n) is 2.76. The molecule has 2 aromatic rings. The van der Waals surface area contributed by atoms with Crippen molar-refractivity contribution >= 4 is 34.3 Å². The molecular weight excluding hydrogens is 236 g/mol. The van der Waals surface area contributed by atoms with Gasteiger partial charge in [0.2, 0.25) is 0 Å². The zero-order chi connectivity index (χ0) is 9.97. The van der Waals surface area contributed by atoms with Gasteiger partial charge >= 0.3 is 0 Å². The maximum Gasteiger partial charge on any atom is 0.0931 e. The van der Waals surface area contributed by atoms with Crippen LogP contribution in [0.25, 0.3) is 0 Å². The Kier molecular flexibility index (Phi) is 3.20. The summed E-state index contributed by atoms with van der Waals surface area (Å²) >= 11 is 9.11. The van der Waals surface area contributed by atoms with Crippen molar-refractivity contribution in [3.63, 3.8) is 0 Å². The van der Waals surface area contributed by atoms with E-state index in [0.29, 0.717) is 0 Å². The van der Waals surface area contributed by atoms with Crippen molar-refractivity contribution in [3.8, 4) is 0 Å². The van der Waals surface area contributed by atoms with Crippen molar-refractivity contribution in [2.45, 2.75) is 6.04 Å². The minimum absolute atomic E-state index is 0.0625. The minimum Gasteiger partial charge on any atom is -0.271 e. The van der Waals surface area contributed by atoms with Gasteiger partial charge in [-0.05, 0) is 23.6 Å². The Labute approximate surface area is 95.3 Å². The number of hydrogen-bond acceptors (Lipinski definition) is 4. The topological polar surface area (TPSA) is 38.0 Å². The average molecular weight is 245 g/mol. The Morgan fingerprint density at radius 3 is 2.64 bits per heavy atom. The van der Waals surface area contributed by atoms with Gasteiger partial charge in [-0.15, -0.1) is 22.7 Å². The van der Waals surface area contributed by atoms with E-state index in [9.17, 15) is 0 Å². The number of rotatable bonds is 3. The molecule has 2 rings (SSSR count). The Hall–Kier alpha value is -0.390. The van der Waals surface area contributed by atoms with E-state index in [1.807, 2.05) is 23.6 Å². The summed E-state index contributed by atoms with van der Waals surface area (Å²) < 4.78 is 0.789. The van der Waals surface area contributed by atoms with Gasteiger partial charge in [0.05, 0.1) is 10.4 Å². The summed E-state index contributed by atoms with van der Waals surface area (Å²) in [5.74, 6) is 5.53. The van der Waals surface area contributed by atoms with Crippen LogP contribution >= 0.6 is 34.3 Å². The van der Waals surface area contributed by atoms with Crippen LogP contribution in [0.2, 0.25) is 4.34 Å². The Bertz CT molecular complexity index is 397. The predicted octanol–water partition coefficient (Wildman–Crippen LogP) is 3.02. The first-order valence-electron chi connectivity index (χ1n) is 4.06. The minimum atomic E-state index is 0.0625. The van der Waals surface area contributed by atoms with E-state index in [4.69, 9.17) is 17.4 Å². The summed E-state index contributed by atoms with van der Waals surface area (Å²) in [4.78, 5) is 2.34. The van der Waals surface area contributed by atoms with Crippen molar-refractivity contribution < 1.29 is 0 Å². The van der Waals surface area contributed by atoms with Gasteiger partial charge in [-0.1, -0.05) is 17.7 Å². The van der Waals surface area contributed by atoms with Crippen molar-refractivity contribution in [1.29, 1.82) is 0 Å². The molecule has 0 saturated heterocycles. The van der Waals surface area contributed by atoms with Crippen LogP contribution in [0.5, 0.6) is 0 Å². The van der Waals surface area contributed by atoms with Crippen LogP contribution in [0.3, 0.4) is 0 Å². The molecule has 14 heavy (non-hydrogen) atoms. The Morgan fingerprint density at radius 2 is 2.14 bits per heavy atom. The number of hydrazine groups is 1. The molecule has 1 unspecified atom stereocenters. The molecule has 0 aromatic carbocycles. The third-order valence-corrected chi connectivity index (χ3v) is 4.11. The molecule has 0 aliphatic heterocycles. The number of hydrogen-bond donors (Lipinski definition) is 2. The fourth-order valence-corrected chi connectivity index (χ4v) is 3.26. The Morgan fingerprint density at radius 1 is 1.29 bits per heavy atom. The third-order valence-electron chi connectivity index (χ3n) is 1.87. The molecular formula is C9H9ClN2S2. The Balaban J connectivity index is 2.31. The molecule has 2 aromatic heterocycles. The van der Waals surface area contributed by atoms with Crippen molar-refractivity contribution in [3.05, 3.63) is 43.7 Å². The standard InChI is InChI=1S/C9H9ClN2S2/c10-8-4-3-7(14-8)9(12-11)6-2-1-5-13-6/h1-5,9,12H,11H2. The summed E-state index contributed by atoms with van der Waals surface area (Å²) in [5, 5.41) is 2.04. The molecule has 3 N–H and O–H groups in total. The lowest BCUT2D eigenvalue weighted by Crippen LogP contribution is -2.27. The number of halogens is 1. The lowest BCUT2D eigenvalue weighted by atomic mass is 10.2. The lowest BCUT2D eigenvalue weighted by molar-refractivity contribution is 0.656. The lowest BCUT2D eigenvalue weighted by Gasteiger charge is -2.11.